The van der Waals surface area contributed by atoms with E-state index in [9.17, 15) is 4.79 Å². The van der Waals surface area contributed by atoms with Crippen molar-refractivity contribution in [3.05, 3.63) is 22.2 Å². The minimum Gasteiger partial charge on any atom is -0.469 e. The zero-order valence-electron chi connectivity index (χ0n) is 13.7. The summed E-state index contributed by atoms with van der Waals surface area (Å²) in [4.78, 5) is 19.7. The molecule has 1 aliphatic rings. The second kappa shape index (κ2) is 6.55. The summed E-state index contributed by atoms with van der Waals surface area (Å²) in [5, 5.41) is 0.322. The minimum absolute atomic E-state index is 0.0137. The van der Waals surface area contributed by atoms with Gasteiger partial charge in [0.25, 0.3) is 0 Å². The molecule has 1 aliphatic heterocycles. The van der Waals surface area contributed by atoms with Crippen LogP contribution in [-0.2, 0) is 18.8 Å². The van der Waals surface area contributed by atoms with Crippen LogP contribution in [0, 0.1) is 0 Å². The summed E-state index contributed by atoms with van der Waals surface area (Å²) in [6, 6.07) is 0. The van der Waals surface area contributed by atoms with Gasteiger partial charge in [-0.05, 0) is 27.7 Å². The molecule has 0 radical (unpaired) electrons. The van der Waals surface area contributed by atoms with Crippen molar-refractivity contribution in [3.8, 4) is 0 Å². The molecule has 126 valence electrons. The molecule has 2 rings (SSSR count). The van der Waals surface area contributed by atoms with Crippen molar-refractivity contribution in [1.29, 1.82) is 0 Å². The predicted molar refractivity (Wildman–Crippen MR) is 87.5 cm³/mol. The maximum atomic E-state index is 11.8. The van der Waals surface area contributed by atoms with Gasteiger partial charge >= 0.3 is 13.1 Å². The number of aromatic nitrogens is 2. The Bertz CT molecular complexity index is 576. The summed E-state index contributed by atoms with van der Waals surface area (Å²) in [5.74, 6) is -1.01. The number of hydrogen-bond acceptors (Lipinski definition) is 6. The van der Waals surface area contributed by atoms with Crippen LogP contribution in [0.3, 0.4) is 0 Å². The Morgan fingerprint density at radius 2 is 1.70 bits per heavy atom. The lowest BCUT2D eigenvalue weighted by Gasteiger charge is -2.32. The first-order valence-electron chi connectivity index (χ1n) is 7.17. The summed E-state index contributed by atoms with van der Waals surface area (Å²) >= 11 is 12.3. The molecular weight excluding hydrogens is 342 g/mol. The van der Waals surface area contributed by atoms with Gasteiger partial charge in [-0.25, -0.2) is 9.97 Å². The molecule has 1 saturated heterocycles. The fourth-order valence-electron chi connectivity index (χ4n) is 2.31. The van der Waals surface area contributed by atoms with Crippen LogP contribution in [0.2, 0.25) is 10.3 Å². The van der Waals surface area contributed by atoms with Crippen LogP contribution in [0.25, 0.3) is 0 Å². The van der Waals surface area contributed by atoms with Crippen molar-refractivity contribution in [3.63, 3.8) is 0 Å². The number of carbonyl (C=O) groups excluding carboxylic acids is 1. The normalized spacial score (nSPS) is 20.4. The third-order valence-electron chi connectivity index (χ3n) is 4.37. The molecule has 1 unspecified atom stereocenters. The Kier molecular flexibility index (Phi) is 5.26. The van der Waals surface area contributed by atoms with Crippen molar-refractivity contribution in [2.45, 2.75) is 51.1 Å². The Labute approximate surface area is 146 Å². The first kappa shape index (κ1) is 18.5. The van der Waals surface area contributed by atoms with E-state index in [0.29, 0.717) is 5.56 Å². The van der Waals surface area contributed by atoms with Crippen molar-refractivity contribution in [2.24, 2.45) is 0 Å². The van der Waals surface area contributed by atoms with Crippen molar-refractivity contribution < 1.29 is 18.8 Å². The Hall–Kier alpha value is -0.885. The fourth-order valence-corrected chi connectivity index (χ4v) is 2.91. The number of ether oxygens (including phenoxy) is 1. The zero-order valence-corrected chi connectivity index (χ0v) is 15.2. The van der Waals surface area contributed by atoms with Crippen molar-refractivity contribution in [2.75, 3.05) is 7.11 Å². The Balaban J connectivity index is 2.42. The van der Waals surface area contributed by atoms with E-state index in [0.717, 1.165) is 0 Å². The third-order valence-corrected chi connectivity index (χ3v) is 4.97. The van der Waals surface area contributed by atoms with Gasteiger partial charge in [0.1, 0.15) is 16.6 Å². The average Bonchev–Trinajstić information content (AvgIpc) is 2.65. The van der Waals surface area contributed by atoms with Gasteiger partial charge in [-0.15, -0.1) is 0 Å². The molecule has 6 nitrogen and oxygen atoms in total. The van der Waals surface area contributed by atoms with Crippen LogP contribution in [0.4, 0.5) is 0 Å². The summed E-state index contributed by atoms with van der Waals surface area (Å²) in [5.41, 5.74) is -0.693. The highest BCUT2D eigenvalue weighted by molar-refractivity contribution is 6.49. The number of carbonyl (C=O) groups is 1. The zero-order chi connectivity index (χ0) is 17.4. The molecule has 0 aliphatic carbocycles. The summed E-state index contributed by atoms with van der Waals surface area (Å²) in [6.45, 7) is 7.69. The van der Waals surface area contributed by atoms with Crippen LogP contribution in [0.5, 0.6) is 0 Å². The van der Waals surface area contributed by atoms with E-state index in [-0.39, 0.29) is 16.7 Å². The van der Waals surface area contributed by atoms with Crippen LogP contribution in [0.15, 0.2) is 6.33 Å². The van der Waals surface area contributed by atoms with Gasteiger partial charge in [0.2, 0.25) is 0 Å². The molecular formula is C14H19BCl2N2O4. The summed E-state index contributed by atoms with van der Waals surface area (Å²) in [6.07, 6.45) is 1.24. The molecule has 1 atom stereocenters. The quantitative estimate of drug-likeness (QED) is 0.467. The molecule has 0 bridgehead atoms. The lowest BCUT2D eigenvalue weighted by atomic mass is 9.66. The topological polar surface area (TPSA) is 70.5 Å². The van der Waals surface area contributed by atoms with Gasteiger partial charge in [0, 0.05) is 11.4 Å². The molecule has 0 saturated carbocycles. The van der Waals surface area contributed by atoms with Crippen molar-refractivity contribution >= 4 is 36.3 Å². The highest BCUT2D eigenvalue weighted by Gasteiger charge is 2.55. The molecule has 0 spiro atoms. The van der Waals surface area contributed by atoms with Gasteiger partial charge in [0.05, 0.1) is 24.7 Å². The number of rotatable bonds is 4. The number of hydrogen-bond donors (Lipinski definition) is 0. The number of halogens is 2. The minimum atomic E-state index is -0.722. The number of esters is 1. The maximum Gasteiger partial charge on any atom is 0.466 e. The van der Waals surface area contributed by atoms with E-state index < -0.39 is 30.1 Å². The SMILES string of the molecule is COC(=O)CC(B1OC(C)(C)C(C)(C)O1)c1c(Cl)ncnc1Cl. The van der Waals surface area contributed by atoms with Crippen LogP contribution in [-0.4, -0.2) is 41.4 Å². The molecule has 0 aromatic carbocycles. The molecule has 9 heteroatoms. The van der Waals surface area contributed by atoms with Gasteiger partial charge in [0.15, 0.2) is 0 Å². The fraction of sp³-hybridized carbons (Fsp3) is 0.643. The molecule has 1 aromatic rings. The van der Waals surface area contributed by atoms with Gasteiger partial charge in [-0.2, -0.15) is 0 Å². The van der Waals surface area contributed by atoms with Crippen LogP contribution < -0.4 is 0 Å². The predicted octanol–water partition coefficient (Wildman–Crippen LogP) is 3.06. The molecule has 1 aromatic heterocycles. The first-order valence-corrected chi connectivity index (χ1v) is 7.93. The molecule has 23 heavy (non-hydrogen) atoms. The lowest BCUT2D eigenvalue weighted by molar-refractivity contribution is -0.140. The average molecular weight is 361 g/mol. The first-order chi connectivity index (χ1) is 10.6. The van der Waals surface area contributed by atoms with Gasteiger partial charge in [-0.1, -0.05) is 23.2 Å². The molecule has 2 heterocycles. The molecule has 0 N–H and O–H groups in total. The Morgan fingerprint density at radius 3 is 2.13 bits per heavy atom. The second-order valence-electron chi connectivity index (χ2n) is 6.38. The smallest absolute Gasteiger partial charge is 0.466 e. The summed E-state index contributed by atoms with van der Waals surface area (Å²) < 4.78 is 16.8. The Morgan fingerprint density at radius 1 is 1.22 bits per heavy atom. The number of nitrogens with zero attached hydrogens (tertiary/aromatic N) is 2. The molecule has 1 fully saturated rings. The largest absolute Gasteiger partial charge is 0.469 e. The molecule has 0 amide bonds. The van der Waals surface area contributed by atoms with Crippen molar-refractivity contribution in [1.82, 2.24) is 9.97 Å². The van der Waals surface area contributed by atoms with Gasteiger partial charge < -0.3 is 14.0 Å². The van der Waals surface area contributed by atoms with E-state index in [1.807, 2.05) is 27.7 Å². The maximum absolute atomic E-state index is 11.8. The second-order valence-corrected chi connectivity index (χ2v) is 7.10. The summed E-state index contributed by atoms with van der Waals surface area (Å²) in [7, 11) is 0.592. The standard InChI is InChI=1S/C14H19BCl2N2O4/c1-13(2)14(3,4)23-15(22-13)8(6-9(20)21-5)10-11(16)18-7-19-12(10)17/h7-8H,6H2,1-5H3. The highest BCUT2D eigenvalue weighted by Crippen LogP contribution is 2.43. The van der Waals surface area contributed by atoms with Crippen LogP contribution in [0.1, 0.15) is 45.5 Å². The van der Waals surface area contributed by atoms with E-state index in [4.69, 9.17) is 37.2 Å². The number of methoxy groups -OCH3 is 1. The van der Waals surface area contributed by atoms with Crippen LogP contribution >= 0.6 is 23.2 Å². The van der Waals surface area contributed by atoms with Gasteiger partial charge in [-0.3, -0.25) is 4.79 Å². The van der Waals surface area contributed by atoms with E-state index in [1.165, 1.54) is 13.4 Å². The van der Waals surface area contributed by atoms with E-state index >= 15 is 0 Å². The third kappa shape index (κ3) is 3.63. The monoisotopic (exact) mass is 360 g/mol. The van der Waals surface area contributed by atoms with E-state index in [2.05, 4.69) is 9.97 Å². The van der Waals surface area contributed by atoms with E-state index in [1.54, 1.807) is 0 Å². The lowest BCUT2D eigenvalue weighted by Crippen LogP contribution is -2.41. The highest BCUT2D eigenvalue weighted by atomic mass is 35.5.